The lowest BCUT2D eigenvalue weighted by Crippen LogP contribution is -2.27. The van der Waals surface area contributed by atoms with Gasteiger partial charge in [0, 0.05) is 30.6 Å². The number of ether oxygens (including phenoxy) is 1. The van der Waals surface area contributed by atoms with Crippen LogP contribution in [0.4, 0.5) is 13.6 Å². The summed E-state index contributed by atoms with van der Waals surface area (Å²) in [6.45, 7) is 3.43. The monoisotopic (exact) mass is 505 g/mol. The van der Waals surface area contributed by atoms with Gasteiger partial charge in [-0.1, -0.05) is 67.5 Å². The second-order valence-electron chi connectivity index (χ2n) is 9.21. The summed E-state index contributed by atoms with van der Waals surface area (Å²) in [5.74, 6) is -0.719. The fourth-order valence-corrected chi connectivity index (χ4v) is 4.64. The van der Waals surface area contributed by atoms with E-state index in [-0.39, 0.29) is 5.75 Å². The number of carbonyl (C=O) groups is 1. The molecule has 0 saturated carbocycles. The zero-order valence-corrected chi connectivity index (χ0v) is 21.1. The van der Waals surface area contributed by atoms with Crippen LogP contribution in [0.5, 0.6) is 5.75 Å². The number of aromatic nitrogens is 2. The minimum atomic E-state index is -1.05. The fourth-order valence-electron chi connectivity index (χ4n) is 4.64. The second kappa shape index (κ2) is 13.0. The standard InChI is InChI=1S/C30H33F2N3O2/c1-22-34-28(23-13-9-6-10-14-23)29(24-15-7-2-3-8-16-24)35(22)20-12-5-4-11-19-33-30(36)37-25-17-18-26(31)27(32)21-25/h2-3,6-7,9-10,13-15,17-18,21,24H,4-5,8,11-12,16,19-20H2,1H3,(H,33,36). The van der Waals surface area contributed by atoms with E-state index in [4.69, 9.17) is 9.72 Å². The number of hydrogen-bond donors (Lipinski definition) is 1. The van der Waals surface area contributed by atoms with Crippen molar-refractivity contribution in [1.29, 1.82) is 0 Å². The highest BCUT2D eigenvalue weighted by molar-refractivity contribution is 5.70. The number of rotatable bonds is 10. The molecule has 7 heteroatoms. The lowest BCUT2D eigenvalue weighted by Gasteiger charge is -2.18. The molecule has 1 atom stereocenters. The molecule has 194 valence electrons. The molecule has 4 rings (SSSR count). The van der Waals surface area contributed by atoms with Gasteiger partial charge in [0.25, 0.3) is 0 Å². The zero-order valence-electron chi connectivity index (χ0n) is 21.1. The van der Waals surface area contributed by atoms with Crippen LogP contribution in [0.2, 0.25) is 0 Å². The van der Waals surface area contributed by atoms with Crippen molar-refractivity contribution in [2.24, 2.45) is 0 Å². The Morgan fingerprint density at radius 2 is 1.86 bits per heavy atom. The fraction of sp³-hybridized carbons (Fsp3) is 0.333. The predicted molar refractivity (Wildman–Crippen MR) is 142 cm³/mol. The van der Waals surface area contributed by atoms with Gasteiger partial charge in [0.05, 0.1) is 11.4 Å². The van der Waals surface area contributed by atoms with E-state index in [2.05, 4.69) is 65.4 Å². The highest BCUT2D eigenvalue weighted by atomic mass is 19.2. The summed E-state index contributed by atoms with van der Waals surface area (Å²) in [5.41, 5.74) is 3.50. The Kier molecular flexibility index (Phi) is 9.24. The van der Waals surface area contributed by atoms with E-state index in [0.29, 0.717) is 12.5 Å². The van der Waals surface area contributed by atoms with Gasteiger partial charge in [-0.05, 0) is 44.7 Å². The number of hydrogen-bond acceptors (Lipinski definition) is 3. The number of nitrogens with one attached hydrogen (secondary N) is 1. The quantitative estimate of drug-likeness (QED) is 0.291. The molecule has 1 N–H and O–H groups in total. The Bertz CT molecular complexity index is 1250. The van der Waals surface area contributed by atoms with Gasteiger partial charge in [-0.15, -0.1) is 0 Å². The van der Waals surface area contributed by atoms with Crippen molar-refractivity contribution >= 4 is 6.09 Å². The topological polar surface area (TPSA) is 56.2 Å². The van der Waals surface area contributed by atoms with Gasteiger partial charge < -0.3 is 14.6 Å². The first kappa shape index (κ1) is 26.3. The largest absolute Gasteiger partial charge is 0.412 e. The van der Waals surface area contributed by atoms with Crippen LogP contribution in [0.25, 0.3) is 11.3 Å². The van der Waals surface area contributed by atoms with Crippen LogP contribution in [0, 0.1) is 18.6 Å². The lowest BCUT2D eigenvalue weighted by atomic mass is 9.95. The van der Waals surface area contributed by atoms with Gasteiger partial charge in [0.15, 0.2) is 11.6 Å². The summed E-state index contributed by atoms with van der Waals surface area (Å²) in [5, 5.41) is 2.66. The molecule has 0 spiro atoms. The highest BCUT2D eigenvalue weighted by Gasteiger charge is 2.22. The third-order valence-corrected chi connectivity index (χ3v) is 6.51. The molecule has 0 radical (unpaired) electrons. The minimum Gasteiger partial charge on any atom is -0.410 e. The summed E-state index contributed by atoms with van der Waals surface area (Å²) >= 11 is 0. The van der Waals surface area contributed by atoms with E-state index < -0.39 is 17.7 Å². The average Bonchev–Trinajstić information content (AvgIpc) is 3.05. The average molecular weight is 506 g/mol. The normalized spacial score (nSPS) is 14.9. The molecule has 0 saturated heterocycles. The molecule has 1 heterocycles. The summed E-state index contributed by atoms with van der Waals surface area (Å²) < 4.78 is 33.6. The molecule has 1 aliphatic rings. The van der Waals surface area contributed by atoms with Crippen molar-refractivity contribution < 1.29 is 18.3 Å². The van der Waals surface area contributed by atoms with Crippen molar-refractivity contribution in [3.63, 3.8) is 0 Å². The number of carbonyl (C=O) groups excluding carboxylic acids is 1. The first-order valence-electron chi connectivity index (χ1n) is 12.9. The van der Waals surface area contributed by atoms with Crippen LogP contribution in [0.15, 0.2) is 72.8 Å². The summed E-state index contributed by atoms with van der Waals surface area (Å²) in [7, 11) is 0. The number of allylic oxidation sites excluding steroid dienone is 4. The SMILES string of the molecule is Cc1nc(-c2ccccc2)c(C2C=CC=CCC2)n1CCCCCCNC(=O)Oc1ccc(F)c(F)c1. The molecule has 1 amide bonds. The Balaban J connectivity index is 1.28. The maximum absolute atomic E-state index is 13.2. The Morgan fingerprint density at radius 1 is 1.05 bits per heavy atom. The second-order valence-corrected chi connectivity index (χ2v) is 9.21. The molecular formula is C30H33F2N3O2. The lowest BCUT2D eigenvalue weighted by molar-refractivity contribution is 0.200. The summed E-state index contributed by atoms with van der Waals surface area (Å²) in [6, 6.07) is 13.4. The molecule has 1 aromatic heterocycles. The van der Waals surface area contributed by atoms with Crippen LogP contribution < -0.4 is 10.1 Å². The third kappa shape index (κ3) is 7.15. The minimum absolute atomic E-state index is 0.0305. The van der Waals surface area contributed by atoms with Gasteiger partial charge in [-0.2, -0.15) is 0 Å². The molecule has 0 bridgehead atoms. The van der Waals surface area contributed by atoms with E-state index in [1.54, 1.807) is 0 Å². The predicted octanol–water partition coefficient (Wildman–Crippen LogP) is 7.48. The Morgan fingerprint density at radius 3 is 2.68 bits per heavy atom. The van der Waals surface area contributed by atoms with Gasteiger partial charge in [0.1, 0.15) is 11.6 Å². The smallest absolute Gasteiger partial charge is 0.410 e. The Hall–Kier alpha value is -3.74. The van der Waals surface area contributed by atoms with E-state index in [1.807, 2.05) is 6.07 Å². The maximum atomic E-state index is 13.2. The number of imidazole rings is 1. The van der Waals surface area contributed by atoms with Crippen molar-refractivity contribution in [1.82, 2.24) is 14.9 Å². The highest BCUT2D eigenvalue weighted by Crippen LogP contribution is 2.34. The Labute approximate surface area is 216 Å². The summed E-state index contributed by atoms with van der Waals surface area (Å²) in [4.78, 5) is 16.9. The van der Waals surface area contributed by atoms with E-state index in [9.17, 15) is 13.6 Å². The molecule has 0 fully saturated rings. The first-order chi connectivity index (χ1) is 18.0. The summed E-state index contributed by atoms with van der Waals surface area (Å²) in [6.07, 6.45) is 14.0. The molecule has 5 nitrogen and oxygen atoms in total. The third-order valence-electron chi connectivity index (χ3n) is 6.51. The first-order valence-corrected chi connectivity index (χ1v) is 12.9. The van der Waals surface area contributed by atoms with Crippen LogP contribution in [-0.4, -0.2) is 22.2 Å². The van der Waals surface area contributed by atoms with E-state index in [1.165, 1.54) is 11.8 Å². The number of aryl methyl sites for hydroxylation is 1. The van der Waals surface area contributed by atoms with Crippen LogP contribution in [-0.2, 0) is 6.54 Å². The zero-order chi connectivity index (χ0) is 26.0. The molecule has 37 heavy (non-hydrogen) atoms. The molecule has 1 unspecified atom stereocenters. The van der Waals surface area contributed by atoms with Crippen LogP contribution in [0.3, 0.4) is 0 Å². The van der Waals surface area contributed by atoms with Gasteiger partial charge in [-0.25, -0.2) is 18.6 Å². The number of benzene rings is 2. The number of amides is 1. The molecular weight excluding hydrogens is 472 g/mol. The number of unbranched alkanes of at least 4 members (excludes halogenated alkanes) is 3. The van der Waals surface area contributed by atoms with E-state index in [0.717, 1.165) is 74.3 Å². The van der Waals surface area contributed by atoms with Crippen molar-refractivity contribution in [3.05, 3.63) is 96.0 Å². The van der Waals surface area contributed by atoms with Crippen LogP contribution in [0.1, 0.15) is 56.0 Å². The molecule has 3 aromatic rings. The molecule has 0 aliphatic heterocycles. The van der Waals surface area contributed by atoms with Crippen molar-refractivity contribution in [3.8, 4) is 17.0 Å². The number of halogens is 2. The van der Waals surface area contributed by atoms with Crippen molar-refractivity contribution in [2.75, 3.05) is 6.54 Å². The molecule has 2 aromatic carbocycles. The van der Waals surface area contributed by atoms with Gasteiger partial charge in [0.2, 0.25) is 0 Å². The molecule has 1 aliphatic carbocycles. The van der Waals surface area contributed by atoms with Crippen molar-refractivity contribution in [2.45, 2.75) is 57.9 Å². The maximum Gasteiger partial charge on any atom is 0.412 e. The number of nitrogens with zero attached hydrogens (tertiary/aromatic N) is 2. The van der Waals surface area contributed by atoms with Gasteiger partial charge in [-0.3, -0.25) is 0 Å². The van der Waals surface area contributed by atoms with Crippen LogP contribution >= 0.6 is 0 Å². The van der Waals surface area contributed by atoms with E-state index >= 15 is 0 Å². The van der Waals surface area contributed by atoms with Gasteiger partial charge >= 0.3 is 6.09 Å².